The molecule has 0 N–H and O–H groups in total. The Kier molecular flexibility index (Phi) is 7.58. The predicted octanol–water partition coefficient (Wildman–Crippen LogP) is 5.99. The number of rotatable bonds is 6. The first-order valence-electron chi connectivity index (χ1n) is 10.5. The third-order valence-corrected chi connectivity index (χ3v) is 11.4. The molecule has 1 aliphatic heterocycles. The first-order valence-corrected chi connectivity index (χ1v) is 13.4. The van der Waals surface area contributed by atoms with E-state index in [1.165, 1.54) is 32.1 Å². The molecule has 5 atom stereocenters. The monoisotopic (exact) mass is 370 g/mol. The summed E-state index contributed by atoms with van der Waals surface area (Å²) >= 11 is 0. The van der Waals surface area contributed by atoms with Gasteiger partial charge in [-0.25, -0.2) is 0 Å². The summed E-state index contributed by atoms with van der Waals surface area (Å²) in [5.74, 6) is 1.98. The average molecular weight is 371 g/mol. The van der Waals surface area contributed by atoms with Crippen molar-refractivity contribution in [3.63, 3.8) is 0 Å². The molecule has 4 heteroatoms. The van der Waals surface area contributed by atoms with E-state index in [1.54, 1.807) is 0 Å². The highest BCUT2D eigenvalue weighted by Gasteiger charge is 2.39. The maximum absolute atomic E-state index is 6.49. The predicted molar refractivity (Wildman–Crippen MR) is 107 cm³/mol. The van der Waals surface area contributed by atoms with Crippen LogP contribution in [0.25, 0.3) is 0 Å². The summed E-state index contributed by atoms with van der Waals surface area (Å²) in [7, 11) is -1.65. The molecule has 2 aliphatic rings. The lowest BCUT2D eigenvalue weighted by molar-refractivity contribution is -0.207. The Morgan fingerprint density at radius 3 is 2.44 bits per heavy atom. The molecular weight excluding hydrogens is 328 g/mol. The Balaban J connectivity index is 1.84. The minimum atomic E-state index is -1.65. The van der Waals surface area contributed by atoms with Crippen molar-refractivity contribution in [2.24, 2.45) is 17.8 Å². The van der Waals surface area contributed by atoms with Crippen molar-refractivity contribution < 1.29 is 13.9 Å². The molecule has 25 heavy (non-hydrogen) atoms. The van der Waals surface area contributed by atoms with Crippen molar-refractivity contribution in [2.45, 2.75) is 104 Å². The fraction of sp³-hybridized carbons (Fsp3) is 1.00. The van der Waals surface area contributed by atoms with Crippen molar-refractivity contribution in [1.29, 1.82) is 0 Å². The summed E-state index contributed by atoms with van der Waals surface area (Å²) in [6.07, 6.45) is 7.65. The SMILES string of the molecule is CC(CO[Si](C)(C)C(C)(C)C)C1CCC(C)C(OC2CCCCO2)C1. The van der Waals surface area contributed by atoms with Gasteiger partial charge in [0.05, 0.1) is 6.10 Å². The maximum Gasteiger partial charge on any atom is 0.191 e. The Morgan fingerprint density at radius 1 is 1.12 bits per heavy atom. The van der Waals surface area contributed by atoms with Gasteiger partial charge >= 0.3 is 0 Å². The molecule has 2 rings (SSSR count). The standard InChI is InChI=1S/C21H42O3Si/c1-16-11-12-18(14-19(16)24-20-10-8-9-13-22-20)17(2)15-23-25(6,7)21(3,4)5/h16-20H,8-15H2,1-7H3. The second-order valence-electron chi connectivity index (χ2n) is 10.1. The Hall–Kier alpha value is 0.0969. The second kappa shape index (κ2) is 8.86. The van der Waals surface area contributed by atoms with Crippen LogP contribution in [0.15, 0.2) is 0 Å². The molecule has 0 bridgehead atoms. The highest BCUT2D eigenvalue weighted by atomic mass is 28.4. The van der Waals surface area contributed by atoms with E-state index >= 15 is 0 Å². The maximum atomic E-state index is 6.49. The Bertz CT molecular complexity index is 398. The molecule has 1 saturated heterocycles. The highest BCUT2D eigenvalue weighted by molar-refractivity contribution is 6.74. The van der Waals surface area contributed by atoms with Crippen LogP contribution in [-0.4, -0.2) is 33.9 Å². The van der Waals surface area contributed by atoms with Gasteiger partial charge in [0, 0.05) is 13.2 Å². The molecule has 148 valence electrons. The van der Waals surface area contributed by atoms with Gasteiger partial charge in [-0.2, -0.15) is 0 Å². The van der Waals surface area contributed by atoms with Gasteiger partial charge in [0.1, 0.15) is 0 Å². The summed E-state index contributed by atoms with van der Waals surface area (Å²) in [6.45, 7) is 18.2. The molecule has 2 fully saturated rings. The van der Waals surface area contributed by atoms with Crippen LogP contribution in [0.2, 0.25) is 18.1 Å². The number of ether oxygens (including phenoxy) is 2. The van der Waals surface area contributed by atoms with Crippen molar-refractivity contribution in [3.05, 3.63) is 0 Å². The fourth-order valence-corrected chi connectivity index (χ4v) is 4.84. The van der Waals surface area contributed by atoms with Crippen molar-refractivity contribution in [3.8, 4) is 0 Å². The molecule has 0 aromatic carbocycles. The average Bonchev–Trinajstić information content (AvgIpc) is 2.54. The van der Waals surface area contributed by atoms with Gasteiger partial charge in [-0.1, -0.05) is 34.6 Å². The first kappa shape index (κ1) is 21.4. The molecule has 0 radical (unpaired) electrons. The minimum Gasteiger partial charge on any atom is -0.417 e. The largest absolute Gasteiger partial charge is 0.417 e. The number of hydrogen-bond acceptors (Lipinski definition) is 3. The van der Waals surface area contributed by atoms with Crippen LogP contribution in [0.1, 0.15) is 73.1 Å². The first-order chi connectivity index (χ1) is 11.6. The third kappa shape index (κ3) is 6.05. The van der Waals surface area contributed by atoms with E-state index in [-0.39, 0.29) is 11.3 Å². The van der Waals surface area contributed by atoms with Crippen LogP contribution < -0.4 is 0 Å². The summed E-state index contributed by atoms with van der Waals surface area (Å²) in [4.78, 5) is 0. The zero-order valence-electron chi connectivity index (χ0n) is 17.8. The van der Waals surface area contributed by atoms with E-state index in [4.69, 9.17) is 13.9 Å². The Morgan fingerprint density at radius 2 is 1.84 bits per heavy atom. The summed E-state index contributed by atoms with van der Waals surface area (Å²) in [6, 6.07) is 0. The van der Waals surface area contributed by atoms with Gasteiger partial charge in [0.25, 0.3) is 0 Å². The summed E-state index contributed by atoms with van der Waals surface area (Å²) in [5.41, 5.74) is 0. The lowest BCUT2D eigenvalue weighted by Gasteiger charge is -2.41. The third-order valence-electron chi connectivity index (χ3n) is 6.95. The van der Waals surface area contributed by atoms with Crippen molar-refractivity contribution in [1.82, 2.24) is 0 Å². The van der Waals surface area contributed by atoms with Crippen LogP contribution in [0.4, 0.5) is 0 Å². The zero-order chi connectivity index (χ0) is 18.7. The van der Waals surface area contributed by atoms with E-state index in [9.17, 15) is 0 Å². The smallest absolute Gasteiger partial charge is 0.191 e. The number of hydrogen-bond donors (Lipinski definition) is 0. The van der Waals surface area contributed by atoms with Gasteiger partial charge in [0.2, 0.25) is 0 Å². The summed E-state index contributed by atoms with van der Waals surface area (Å²) < 4.78 is 18.7. The lowest BCUT2D eigenvalue weighted by Crippen LogP contribution is -2.43. The topological polar surface area (TPSA) is 27.7 Å². The van der Waals surface area contributed by atoms with Crippen LogP contribution in [0, 0.1) is 17.8 Å². The van der Waals surface area contributed by atoms with Gasteiger partial charge in [-0.15, -0.1) is 0 Å². The van der Waals surface area contributed by atoms with Gasteiger partial charge in [-0.05, 0) is 74.4 Å². The van der Waals surface area contributed by atoms with Crippen LogP contribution in [0.3, 0.4) is 0 Å². The molecule has 0 aromatic heterocycles. The zero-order valence-corrected chi connectivity index (χ0v) is 18.8. The Labute approximate surface area is 157 Å². The van der Waals surface area contributed by atoms with E-state index in [0.717, 1.165) is 25.6 Å². The molecule has 1 aliphatic carbocycles. The van der Waals surface area contributed by atoms with E-state index in [0.29, 0.717) is 17.9 Å². The van der Waals surface area contributed by atoms with E-state index in [2.05, 4.69) is 47.7 Å². The van der Waals surface area contributed by atoms with Crippen LogP contribution >= 0.6 is 0 Å². The van der Waals surface area contributed by atoms with Crippen molar-refractivity contribution >= 4 is 8.32 Å². The van der Waals surface area contributed by atoms with Gasteiger partial charge < -0.3 is 13.9 Å². The minimum absolute atomic E-state index is 0.0405. The lowest BCUT2D eigenvalue weighted by atomic mass is 9.75. The summed E-state index contributed by atoms with van der Waals surface area (Å²) in [5, 5.41) is 0.289. The van der Waals surface area contributed by atoms with E-state index in [1.807, 2.05) is 0 Å². The van der Waals surface area contributed by atoms with Crippen molar-refractivity contribution in [2.75, 3.05) is 13.2 Å². The van der Waals surface area contributed by atoms with Crippen LogP contribution in [-0.2, 0) is 13.9 Å². The molecule has 0 amide bonds. The molecule has 1 heterocycles. The van der Waals surface area contributed by atoms with Gasteiger partial charge in [0.15, 0.2) is 14.6 Å². The fourth-order valence-electron chi connectivity index (χ4n) is 3.72. The quantitative estimate of drug-likeness (QED) is 0.537. The molecule has 5 unspecified atom stereocenters. The van der Waals surface area contributed by atoms with Gasteiger partial charge in [-0.3, -0.25) is 0 Å². The molecule has 0 aromatic rings. The highest BCUT2D eigenvalue weighted by Crippen LogP contribution is 2.39. The molecule has 3 nitrogen and oxygen atoms in total. The second-order valence-corrected chi connectivity index (χ2v) is 14.9. The van der Waals surface area contributed by atoms with Crippen LogP contribution in [0.5, 0.6) is 0 Å². The molecular formula is C21H42O3Si. The van der Waals surface area contributed by atoms with E-state index < -0.39 is 8.32 Å². The molecule has 1 saturated carbocycles. The normalized spacial score (nSPS) is 33.2. The molecule has 0 spiro atoms.